The van der Waals surface area contributed by atoms with Crippen molar-refractivity contribution in [1.82, 2.24) is 19.9 Å². The van der Waals surface area contributed by atoms with Crippen LogP contribution in [0.2, 0.25) is 0 Å². The van der Waals surface area contributed by atoms with E-state index in [2.05, 4.69) is 20.6 Å². The quantitative estimate of drug-likeness (QED) is 0.674. The molecular weight excluding hydrogens is 407 g/mol. The van der Waals surface area contributed by atoms with Gasteiger partial charge in [0.2, 0.25) is 0 Å². The molecule has 154 valence electrons. The summed E-state index contributed by atoms with van der Waals surface area (Å²) >= 11 is 0. The molecule has 3 aromatic rings. The summed E-state index contributed by atoms with van der Waals surface area (Å²) in [6.45, 7) is 1.67. The first-order valence-electron chi connectivity index (χ1n) is 8.84. The van der Waals surface area contributed by atoms with Crippen LogP contribution in [0.25, 0.3) is 22.0 Å². The summed E-state index contributed by atoms with van der Waals surface area (Å²) < 4.78 is 39.9. The molecule has 29 heavy (non-hydrogen) atoms. The molecule has 0 amide bonds. The molecule has 10 heteroatoms. The Kier molecular flexibility index (Phi) is 5.81. The Bertz CT molecular complexity index is 1080. The summed E-state index contributed by atoms with van der Waals surface area (Å²) in [5.74, 6) is 0.473. The van der Waals surface area contributed by atoms with Crippen LogP contribution in [0.4, 0.5) is 19.0 Å². The fraction of sp³-hybridized carbons (Fsp3) is 0.316. The van der Waals surface area contributed by atoms with Gasteiger partial charge in [-0.05, 0) is 31.2 Å². The lowest BCUT2D eigenvalue weighted by Crippen LogP contribution is -2.25. The zero-order valence-electron chi connectivity index (χ0n) is 15.5. The molecule has 3 aromatic heterocycles. The van der Waals surface area contributed by atoms with Gasteiger partial charge in [0, 0.05) is 49.2 Å². The number of pyridine rings is 3. The molecule has 0 aliphatic carbocycles. The second kappa shape index (κ2) is 8.00. The van der Waals surface area contributed by atoms with Crippen molar-refractivity contribution >= 4 is 29.0 Å². The normalized spacial score (nSPS) is 16.6. The van der Waals surface area contributed by atoms with E-state index in [1.54, 1.807) is 25.5 Å². The number of rotatable bonds is 3. The van der Waals surface area contributed by atoms with E-state index < -0.39 is 11.7 Å². The molecular formula is C19H19ClF3N5O. The summed E-state index contributed by atoms with van der Waals surface area (Å²) in [6, 6.07) is 4.19. The average molecular weight is 426 g/mol. The number of aromatic nitrogens is 3. The predicted molar refractivity (Wildman–Crippen MR) is 107 cm³/mol. The molecule has 6 nitrogen and oxygen atoms in total. The van der Waals surface area contributed by atoms with Gasteiger partial charge in [-0.1, -0.05) is 0 Å². The van der Waals surface area contributed by atoms with Gasteiger partial charge in [-0.15, -0.1) is 12.4 Å². The second-order valence-electron chi connectivity index (χ2n) is 6.80. The van der Waals surface area contributed by atoms with E-state index in [1.807, 2.05) is 0 Å². The van der Waals surface area contributed by atoms with Crippen LogP contribution in [0.1, 0.15) is 12.0 Å². The van der Waals surface area contributed by atoms with Gasteiger partial charge in [0.25, 0.3) is 5.56 Å². The minimum absolute atomic E-state index is 0. The van der Waals surface area contributed by atoms with E-state index in [1.165, 1.54) is 10.6 Å². The average Bonchev–Trinajstić information content (AvgIpc) is 3.17. The van der Waals surface area contributed by atoms with Crippen LogP contribution in [0, 0.1) is 0 Å². The number of fused-ring (bicyclic) bond motifs is 1. The highest BCUT2D eigenvalue weighted by molar-refractivity contribution is 6.00. The van der Waals surface area contributed by atoms with Gasteiger partial charge in [0.05, 0.1) is 16.6 Å². The molecule has 0 saturated carbocycles. The summed E-state index contributed by atoms with van der Waals surface area (Å²) in [4.78, 5) is 21.1. The molecule has 0 bridgehead atoms. The van der Waals surface area contributed by atoms with Crippen molar-refractivity contribution in [3.8, 4) is 11.3 Å². The lowest BCUT2D eigenvalue weighted by molar-refractivity contribution is -0.137. The Morgan fingerprint density at radius 3 is 2.62 bits per heavy atom. The highest BCUT2D eigenvalue weighted by Crippen LogP contribution is 2.32. The predicted octanol–water partition coefficient (Wildman–Crippen LogP) is 3.21. The molecule has 4 rings (SSSR count). The largest absolute Gasteiger partial charge is 0.417 e. The number of alkyl halides is 3. The van der Waals surface area contributed by atoms with Crippen molar-refractivity contribution in [2.24, 2.45) is 7.05 Å². The number of halogens is 4. The van der Waals surface area contributed by atoms with E-state index in [-0.39, 0.29) is 24.0 Å². The lowest BCUT2D eigenvalue weighted by Gasteiger charge is -2.16. The number of nitrogens with one attached hydrogen (secondary N) is 2. The maximum atomic E-state index is 12.8. The van der Waals surface area contributed by atoms with E-state index in [9.17, 15) is 18.0 Å². The summed E-state index contributed by atoms with van der Waals surface area (Å²) in [5, 5.41) is 7.54. The van der Waals surface area contributed by atoms with Crippen molar-refractivity contribution in [3.05, 3.63) is 52.7 Å². The fourth-order valence-electron chi connectivity index (χ4n) is 3.35. The van der Waals surface area contributed by atoms with Crippen LogP contribution in [-0.2, 0) is 13.2 Å². The van der Waals surface area contributed by atoms with Crippen LogP contribution in [0.5, 0.6) is 0 Å². The van der Waals surface area contributed by atoms with Crippen LogP contribution >= 0.6 is 12.4 Å². The molecule has 2 N–H and O–H groups in total. The number of anilines is 1. The highest BCUT2D eigenvalue weighted by atomic mass is 35.5. The summed E-state index contributed by atoms with van der Waals surface area (Å²) in [6.07, 6.45) is 0.420. The van der Waals surface area contributed by atoms with Crippen molar-refractivity contribution < 1.29 is 13.2 Å². The van der Waals surface area contributed by atoms with Crippen molar-refractivity contribution in [2.45, 2.75) is 18.6 Å². The Labute approximate surface area is 170 Å². The first-order valence-corrected chi connectivity index (χ1v) is 8.84. The standard InChI is InChI=1S/C19H18F3N5O.ClH/c1-27-7-5-13-14(15-3-2-11(8-24-15)19(20,21)22)10-25-17(16(13)18(27)28)26-12-4-6-23-9-12;/h2-3,5,7-8,10,12,23H,4,6,9H2,1H3,(H,25,26);1H/t12-;/m0./s1. The fourth-order valence-corrected chi connectivity index (χ4v) is 3.35. The van der Waals surface area contributed by atoms with E-state index >= 15 is 0 Å². The van der Waals surface area contributed by atoms with Gasteiger partial charge in [-0.3, -0.25) is 9.78 Å². The van der Waals surface area contributed by atoms with Crippen LogP contribution in [0.15, 0.2) is 41.6 Å². The number of aryl methyl sites for hydroxylation is 1. The second-order valence-corrected chi connectivity index (χ2v) is 6.80. The zero-order valence-corrected chi connectivity index (χ0v) is 16.3. The molecule has 0 radical (unpaired) electrons. The van der Waals surface area contributed by atoms with Gasteiger partial charge >= 0.3 is 6.18 Å². The van der Waals surface area contributed by atoms with Crippen LogP contribution in [0.3, 0.4) is 0 Å². The van der Waals surface area contributed by atoms with Crippen molar-refractivity contribution in [3.63, 3.8) is 0 Å². The van der Waals surface area contributed by atoms with Crippen LogP contribution in [-0.4, -0.2) is 33.7 Å². The Hall–Kier alpha value is -2.65. The van der Waals surface area contributed by atoms with Gasteiger partial charge in [0.1, 0.15) is 5.82 Å². The molecule has 1 aliphatic heterocycles. The molecule has 1 fully saturated rings. The van der Waals surface area contributed by atoms with E-state index in [0.717, 1.165) is 31.8 Å². The maximum absolute atomic E-state index is 12.8. The molecule has 1 atom stereocenters. The number of hydrogen-bond donors (Lipinski definition) is 2. The third-order valence-electron chi connectivity index (χ3n) is 4.89. The molecule has 0 unspecified atom stereocenters. The minimum Gasteiger partial charge on any atom is -0.365 e. The minimum atomic E-state index is -4.45. The molecule has 1 saturated heterocycles. The third-order valence-corrected chi connectivity index (χ3v) is 4.89. The number of hydrogen-bond acceptors (Lipinski definition) is 5. The van der Waals surface area contributed by atoms with Gasteiger partial charge in [0.15, 0.2) is 0 Å². The SMILES string of the molecule is Cl.Cn1ccc2c(-c3ccc(C(F)(F)F)cn3)cnc(N[C@H]3CCNC3)c2c1=O. The summed E-state index contributed by atoms with van der Waals surface area (Å²) in [7, 11) is 1.64. The smallest absolute Gasteiger partial charge is 0.365 e. The highest BCUT2D eigenvalue weighted by Gasteiger charge is 2.30. The van der Waals surface area contributed by atoms with Gasteiger partial charge < -0.3 is 15.2 Å². The van der Waals surface area contributed by atoms with Gasteiger partial charge in [-0.25, -0.2) is 4.98 Å². The first kappa shape index (κ1) is 21.1. The van der Waals surface area contributed by atoms with Gasteiger partial charge in [-0.2, -0.15) is 13.2 Å². The molecule has 4 heterocycles. The maximum Gasteiger partial charge on any atom is 0.417 e. The Balaban J connectivity index is 0.00000240. The first-order chi connectivity index (χ1) is 13.3. The lowest BCUT2D eigenvalue weighted by atomic mass is 10.0. The van der Waals surface area contributed by atoms with Crippen LogP contribution < -0.4 is 16.2 Å². The van der Waals surface area contributed by atoms with E-state index in [4.69, 9.17) is 0 Å². The van der Waals surface area contributed by atoms with Crippen molar-refractivity contribution in [1.29, 1.82) is 0 Å². The Morgan fingerprint density at radius 1 is 1.21 bits per heavy atom. The zero-order chi connectivity index (χ0) is 19.9. The third kappa shape index (κ3) is 4.06. The van der Waals surface area contributed by atoms with Crippen molar-refractivity contribution in [2.75, 3.05) is 18.4 Å². The monoisotopic (exact) mass is 425 g/mol. The Morgan fingerprint density at radius 2 is 2.00 bits per heavy atom. The molecule has 0 aromatic carbocycles. The molecule has 0 spiro atoms. The molecule has 1 aliphatic rings. The number of nitrogens with zero attached hydrogens (tertiary/aromatic N) is 3. The topological polar surface area (TPSA) is 71.8 Å². The summed E-state index contributed by atoms with van der Waals surface area (Å²) in [5.41, 5.74) is -0.215. The van der Waals surface area contributed by atoms with E-state index in [0.29, 0.717) is 27.8 Å².